The molecule has 0 aromatic carbocycles. The van der Waals surface area contributed by atoms with E-state index in [0.29, 0.717) is 0 Å². The second-order valence-electron chi connectivity index (χ2n) is 1.26. The second-order valence-corrected chi connectivity index (χ2v) is 4.25. The van der Waals surface area contributed by atoms with E-state index in [9.17, 15) is 0 Å². The maximum atomic E-state index is 4.89. The number of thiocarbonyl (C=S) groups is 1. The predicted octanol–water partition coefficient (Wildman–Crippen LogP) is 0.650. The van der Waals surface area contributed by atoms with Gasteiger partial charge in [-0.15, -0.1) is 0 Å². The third kappa shape index (κ3) is 3.61. The molecule has 0 fully saturated rings. The number of hydrogen-bond acceptors (Lipinski definition) is 2. The van der Waals surface area contributed by atoms with Crippen molar-refractivity contribution in [3.05, 3.63) is 0 Å². The van der Waals surface area contributed by atoms with Crippen LogP contribution in [0.3, 0.4) is 0 Å². The van der Waals surface area contributed by atoms with E-state index in [2.05, 4.69) is 0 Å². The van der Waals surface area contributed by atoms with Crippen molar-refractivity contribution in [1.29, 1.82) is 0 Å². The van der Waals surface area contributed by atoms with Gasteiger partial charge >= 0.3 is 65.6 Å². The van der Waals surface area contributed by atoms with Crippen LogP contribution in [0.1, 0.15) is 0 Å². The molecule has 0 saturated carbocycles. The van der Waals surface area contributed by atoms with Crippen molar-refractivity contribution in [3.63, 3.8) is 0 Å². The molecule has 4 heteroatoms. The molecule has 0 atom stereocenters. The van der Waals surface area contributed by atoms with Crippen LogP contribution < -0.4 is 0 Å². The molecule has 0 unspecified atom stereocenters. The summed E-state index contributed by atoms with van der Waals surface area (Å²) in [6.07, 6.45) is 0. The average Bonchev–Trinajstić information content (AvgIpc) is 1.65. The molecule has 39 valence electrons. The van der Waals surface area contributed by atoms with Crippen LogP contribution in [0.25, 0.3) is 0 Å². The molecule has 0 spiro atoms. The number of nitrogens with zero attached hydrogens (tertiary/aromatic N) is 1. The Balaban J connectivity index is 3.35. The van der Waals surface area contributed by atoms with Crippen LogP contribution in [0.5, 0.6) is 0 Å². The van der Waals surface area contributed by atoms with E-state index in [1.807, 2.05) is 19.0 Å². The van der Waals surface area contributed by atoms with Crippen molar-refractivity contribution in [3.8, 4) is 0 Å². The average molecular weight is 239 g/mol. The van der Waals surface area contributed by atoms with E-state index in [1.165, 1.54) is 21.1 Å². The van der Waals surface area contributed by atoms with Gasteiger partial charge in [-0.05, 0) is 0 Å². The molecule has 0 aromatic rings. The number of hydrogen-bond donors (Lipinski definition) is 0. The fourth-order valence-electron chi connectivity index (χ4n) is 0.0913. The normalized spacial score (nSPS) is 8.43. The van der Waals surface area contributed by atoms with Gasteiger partial charge in [0, 0.05) is 0 Å². The van der Waals surface area contributed by atoms with E-state index in [-0.39, 0.29) is 0 Å². The Morgan fingerprint density at radius 2 is 2.14 bits per heavy atom. The molecule has 0 rings (SSSR count). The van der Waals surface area contributed by atoms with Crippen molar-refractivity contribution in [1.82, 2.24) is 4.90 Å². The molecule has 0 aliphatic heterocycles. The van der Waals surface area contributed by atoms with E-state index in [1.54, 1.807) is 8.95 Å². The minimum atomic E-state index is 0.971. The Hall–Kier alpha value is 1.04. The first-order valence-electron chi connectivity index (χ1n) is 1.73. The fraction of sp³-hybridized carbons (Fsp3) is 0.667. The summed E-state index contributed by atoms with van der Waals surface area (Å²) in [4.78, 5) is 1.94. The van der Waals surface area contributed by atoms with Gasteiger partial charge in [-0.1, -0.05) is 0 Å². The number of rotatable bonds is 0. The molecule has 0 aliphatic carbocycles. The van der Waals surface area contributed by atoms with Crippen LogP contribution in [-0.4, -0.2) is 44.5 Å². The Morgan fingerprint density at radius 1 is 1.71 bits per heavy atom. The Kier molecular flexibility index (Phi) is 4.56. The third-order valence-corrected chi connectivity index (χ3v) is 4.53. The van der Waals surface area contributed by atoms with Crippen LogP contribution in [0.4, 0.5) is 0 Å². The van der Waals surface area contributed by atoms with Crippen molar-refractivity contribution >= 4 is 46.6 Å². The Bertz CT molecular complexity index is 73.3. The zero-order chi connectivity index (χ0) is 5.86. The summed E-state index contributed by atoms with van der Waals surface area (Å²) in [7, 11) is 5.60. The molecule has 7 heavy (non-hydrogen) atoms. The zero-order valence-electron chi connectivity index (χ0n) is 4.26. The van der Waals surface area contributed by atoms with Crippen molar-refractivity contribution in [2.45, 2.75) is 0 Å². The molecule has 0 bridgehead atoms. The molecule has 0 saturated heterocycles. The Morgan fingerprint density at radius 3 is 2.14 bits per heavy atom. The van der Waals surface area contributed by atoms with E-state index >= 15 is 0 Å². The molecule has 0 heterocycles. The quantitative estimate of drug-likeness (QED) is 0.451. The maximum absolute atomic E-state index is 4.89. The molecule has 0 aliphatic rings. The summed E-state index contributed by atoms with van der Waals surface area (Å²) in [5.41, 5.74) is 0. The molecular weight excluding hydrogens is 233 g/mol. The summed E-state index contributed by atoms with van der Waals surface area (Å²) in [6.45, 7) is 0. The van der Waals surface area contributed by atoms with Gasteiger partial charge in [0.25, 0.3) is 0 Å². The van der Waals surface area contributed by atoms with Gasteiger partial charge in [0.2, 0.25) is 0 Å². The van der Waals surface area contributed by atoms with Crippen LogP contribution in [0.2, 0.25) is 0 Å². The first-order valence-corrected chi connectivity index (χ1v) is 6.45. The third-order valence-electron chi connectivity index (χ3n) is 0.452. The fourth-order valence-corrected chi connectivity index (χ4v) is 1.84. The van der Waals surface area contributed by atoms with E-state index in [0.717, 1.165) is 4.32 Å². The van der Waals surface area contributed by atoms with Gasteiger partial charge in [-0.2, -0.15) is 0 Å². The van der Waals surface area contributed by atoms with Crippen LogP contribution in [0, 0.1) is 0 Å². The van der Waals surface area contributed by atoms with Gasteiger partial charge in [0.1, 0.15) is 0 Å². The zero-order valence-corrected chi connectivity index (χ0v) is 8.75. The molecule has 0 amide bonds. The van der Waals surface area contributed by atoms with Crippen molar-refractivity contribution in [2.75, 3.05) is 14.1 Å². The SMILES string of the molecule is CN(C)C(=S)[S][Sn]. The summed E-state index contributed by atoms with van der Waals surface area (Å²) < 4.78 is 0.971. The summed E-state index contributed by atoms with van der Waals surface area (Å²) >= 11 is 6.30. The minimum absolute atomic E-state index is 0.971. The van der Waals surface area contributed by atoms with E-state index in [4.69, 9.17) is 12.2 Å². The summed E-state index contributed by atoms with van der Waals surface area (Å²) in [5.74, 6) is 0. The second kappa shape index (κ2) is 3.97. The Labute approximate surface area is 65.4 Å². The monoisotopic (exact) mass is 240 g/mol. The van der Waals surface area contributed by atoms with Crippen molar-refractivity contribution < 1.29 is 0 Å². The topological polar surface area (TPSA) is 3.24 Å². The molecule has 3 radical (unpaired) electrons. The van der Waals surface area contributed by atoms with Crippen LogP contribution >= 0.6 is 21.2 Å². The van der Waals surface area contributed by atoms with Gasteiger partial charge in [-0.3, -0.25) is 0 Å². The predicted molar refractivity (Wildman–Crippen MR) is 39.6 cm³/mol. The van der Waals surface area contributed by atoms with Gasteiger partial charge in [-0.25, -0.2) is 0 Å². The molecule has 0 N–H and O–H groups in total. The molecule has 1 nitrogen and oxygen atoms in total. The van der Waals surface area contributed by atoms with Gasteiger partial charge in [0.05, 0.1) is 0 Å². The summed E-state index contributed by atoms with van der Waals surface area (Å²) in [6, 6.07) is 0. The first-order chi connectivity index (χ1) is 3.18. The van der Waals surface area contributed by atoms with Gasteiger partial charge in [0.15, 0.2) is 0 Å². The summed E-state index contributed by atoms with van der Waals surface area (Å²) in [5, 5.41) is 0. The molecular formula is C3H6NS2Sn. The van der Waals surface area contributed by atoms with Crippen LogP contribution in [-0.2, 0) is 0 Å². The van der Waals surface area contributed by atoms with Gasteiger partial charge < -0.3 is 0 Å². The standard InChI is InChI=1S/C3H7NS2.Sn/c1-4(2)3(5)6;/h1-2H3,(H,5,6);/q;+1/p-1. The first kappa shape index (κ1) is 8.04. The van der Waals surface area contributed by atoms with Crippen LogP contribution in [0.15, 0.2) is 0 Å². The van der Waals surface area contributed by atoms with E-state index < -0.39 is 0 Å². The van der Waals surface area contributed by atoms with Crippen molar-refractivity contribution in [2.24, 2.45) is 0 Å². The molecule has 0 aromatic heterocycles.